The standard InChI is InChI=1S/C17H27N3O3S.ClH/c1-11-8-12(2)17(13(3)9-11)24(22,23)20-7-6-16(21)19-10-15(18)14-4-5-14;/h8-9,14-15,20H,4-7,10,18H2,1-3H3,(H,19,21);1H. The molecule has 1 saturated carbocycles. The van der Waals surface area contributed by atoms with Crippen LogP contribution < -0.4 is 15.8 Å². The zero-order valence-electron chi connectivity index (χ0n) is 15.0. The summed E-state index contributed by atoms with van der Waals surface area (Å²) in [6.07, 6.45) is 2.36. The number of nitrogens with two attached hydrogens (primary N) is 1. The van der Waals surface area contributed by atoms with E-state index in [0.717, 1.165) is 18.4 Å². The van der Waals surface area contributed by atoms with Crippen molar-refractivity contribution in [2.45, 2.75) is 51.0 Å². The average molecular weight is 390 g/mol. The summed E-state index contributed by atoms with van der Waals surface area (Å²) in [5, 5.41) is 2.76. The second kappa shape index (κ2) is 8.98. The molecule has 1 aromatic carbocycles. The Labute approximate surface area is 156 Å². The number of benzene rings is 1. The Hall–Kier alpha value is -1.15. The van der Waals surface area contributed by atoms with Gasteiger partial charge in [0.05, 0.1) is 4.90 Å². The second-order valence-electron chi connectivity index (χ2n) is 6.68. The Morgan fingerprint density at radius 3 is 2.32 bits per heavy atom. The predicted octanol–water partition coefficient (Wildman–Crippen LogP) is 1.56. The van der Waals surface area contributed by atoms with Gasteiger partial charge in [-0.05, 0) is 50.7 Å². The summed E-state index contributed by atoms with van der Waals surface area (Å²) in [5.74, 6) is 0.336. The molecule has 1 unspecified atom stereocenters. The van der Waals surface area contributed by atoms with E-state index in [9.17, 15) is 13.2 Å². The number of hydrogen-bond acceptors (Lipinski definition) is 4. The van der Waals surface area contributed by atoms with Gasteiger partial charge in [0.25, 0.3) is 0 Å². The number of carbonyl (C=O) groups is 1. The van der Waals surface area contributed by atoms with Crippen LogP contribution >= 0.6 is 12.4 Å². The highest BCUT2D eigenvalue weighted by molar-refractivity contribution is 7.89. The predicted molar refractivity (Wildman–Crippen MR) is 101 cm³/mol. The molecule has 1 amide bonds. The molecule has 0 saturated heterocycles. The lowest BCUT2D eigenvalue weighted by Gasteiger charge is -2.14. The van der Waals surface area contributed by atoms with Crippen LogP contribution in [0.2, 0.25) is 0 Å². The second-order valence-corrected chi connectivity index (χ2v) is 8.38. The Morgan fingerprint density at radius 2 is 1.80 bits per heavy atom. The van der Waals surface area contributed by atoms with Crippen LogP contribution in [0, 0.1) is 26.7 Å². The largest absolute Gasteiger partial charge is 0.354 e. The maximum atomic E-state index is 12.5. The molecule has 0 bridgehead atoms. The molecule has 142 valence electrons. The molecule has 8 heteroatoms. The molecule has 0 radical (unpaired) electrons. The van der Waals surface area contributed by atoms with Gasteiger partial charge in [0.15, 0.2) is 0 Å². The summed E-state index contributed by atoms with van der Waals surface area (Å²) in [7, 11) is -3.62. The van der Waals surface area contributed by atoms with Gasteiger partial charge in [-0.25, -0.2) is 13.1 Å². The van der Waals surface area contributed by atoms with E-state index in [2.05, 4.69) is 10.0 Å². The topological polar surface area (TPSA) is 101 Å². The van der Waals surface area contributed by atoms with Crippen molar-refractivity contribution in [3.63, 3.8) is 0 Å². The lowest BCUT2D eigenvalue weighted by atomic mass is 10.1. The van der Waals surface area contributed by atoms with E-state index in [-0.39, 0.29) is 37.3 Å². The highest BCUT2D eigenvalue weighted by Gasteiger charge is 2.28. The fourth-order valence-electron chi connectivity index (χ4n) is 2.97. The molecule has 1 fully saturated rings. The van der Waals surface area contributed by atoms with Crippen molar-refractivity contribution in [1.29, 1.82) is 0 Å². The molecule has 25 heavy (non-hydrogen) atoms. The van der Waals surface area contributed by atoms with E-state index in [1.165, 1.54) is 0 Å². The molecule has 0 aromatic heterocycles. The van der Waals surface area contributed by atoms with E-state index in [1.807, 2.05) is 19.1 Å². The lowest BCUT2D eigenvalue weighted by Crippen LogP contribution is -2.39. The van der Waals surface area contributed by atoms with Crippen molar-refractivity contribution in [2.24, 2.45) is 11.7 Å². The first-order valence-electron chi connectivity index (χ1n) is 8.30. The first-order valence-corrected chi connectivity index (χ1v) is 9.79. The molecular weight excluding hydrogens is 362 g/mol. The van der Waals surface area contributed by atoms with Crippen molar-refractivity contribution in [3.8, 4) is 0 Å². The van der Waals surface area contributed by atoms with Gasteiger partial charge in [-0.1, -0.05) is 17.7 Å². The molecule has 1 aliphatic rings. The summed E-state index contributed by atoms with van der Waals surface area (Å²) >= 11 is 0. The molecule has 1 aliphatic carbocycles. The lowest BCUT2D eigenvalue weighted by molar-refractivity contribution is -0.121. The van der Waals surface area contributed by atoms with Crippen LogP contribution in [0.15, 0.2) is 17.0 Å². The Morgan fingerprint density at radius 1 is 1.24 bits per heavy atom. The molecular formula is C17H28ClN3O3S. The van der Waals surface area contributed by atoms with Crippen molar-refractivity contribution < 1.29 is 13.2 Å². The average Bonchev–Trinajstić information content (AvgIpc) is 3.27. The Balaban J connectivity index is 0.00000312. The third-order valence-electron chi connectivity index (χ3n) is 4.28. The molecule has 6 nitrogen and oxygen atoms in total. The number of rotatable bonds is 8. The highest BCUT2D eigenvalue weighted by Crippen LogP contribution is 2.31. The summed E-state index contributed by atoms with van der Waals surface area (Å²) in [5.41, 5.74) is 8.36. The zero-order valence-corrected chi connectivity index (χ0v) is 16.6. The van der Waals surface area contributed by atoms with E-state index in [1.54, 1.807) is 13.8 Å². The first-order chi connectivity index (χ1) is 11.2. The van der Waals surface area contributed by atoms with Crippen molar-refractivity contribution in [3.05, 3.63) is 28.8 Å². The van der Waals surface area contributed by atoms with Gasteiger partial charge in [0.1, 0.15) is 0 Å². The van der Waals surface area contributed by atoms with Crippen LogP contribution in [-0.2, 0) is 14.8 Å². The summed E-state index contributed by atoms with van der Waals surface area (Å²) in [4.78, 5) is 12.1. The number of sulfonamides is 1. The highest BCUT2D eigenvalue weighted by atomic mass is 35.5. The van der Waals surface area contributed by atoms with Crippen molar-refractivity contribution in [1.82, 2.24) is 10.0 Å². The minimum absolute atomic E-state index is 0. The summed E-state index contributed by atoms with van der Waals surface area (Å²) in [6.45, 7) is 6.01. The quantitative estimate of drug-likeness (QED) is 0.627. The van der Waals surface area contributed by atoms with Crippen LogP contribution in [0.5, 0.6) is 0 Å². The van der Waals surface area contributed by atoms with Gasteiger partial charge in [-0.3, -0.25) is 4.79 Å². The minimum atomic E-state index is -3.62. The van der Waals surface area contributed by atoms with E-state index in [4.69, 9.17) is 5.73 Å². The van der Waals surface area contributed by atoms with E-state index in [0.29, 0.717) is 28.5 Å². The van der Waals surface area contributed by atoms with Gasteiger partial charge < -0.3 is 11.1 Å². The maximum absolute atomic E-state index is 12.5. The van der Waals surface area contributed by atoms with Gasteiger partial charge in [0, 0.05) is 25.6 Å². The Bertz CT molecular complexity index is 695. The molecule has 0 heterocycles. The number of carbonyl (C=O) groups excluding carboxylic acids is 1. The molecule has 0 aliphatic heterocycles. The number of halogens is 1. The first kappa shape index (κ1) is 21.9. The molecule has 2 rings (SSSR count). The third-order valence-corrected chi connectivity index (χ3v) is 6.05. The summed E-state index contributed by atoms with van der Waals surface area (Å²) in [6, 6.07) is 3.68. The summed E-state index contributed by atoms with van der Waals surface area (Å²) < 4.78 is 27.4. The third kappa shape index (κ3) is 6.26. The molecule has 0 spiro atoms. The SMILES string of the molecule is Cc1cc(C)c(S(=O)(=O)NCCC(=O)NCC(N)C2CC2)c(C)c1.Cl. The van der Waals surface area contributed by atoms with Crippen LogP contribution in [0.25, 0.3) is 0 Å². The van der Waals surface area contributed by atoms with Crippen LogP contribution in [0.4, 0.5) is 0 Å². The number of hydrogen-bond donors (Lipinski definition) is 3. The number of nitrogens with one attached hydrogen (secondary N) is 2. The molecule has 4 N–H and O–H groups in total. The van der Waals surface area contributed by atoms with Gasteiger partial charge in [0.2, 0.25) is 15.9 Å². The fraction of sp³-hybridized carbons (Fsp3) is 0.588. The maximum Gasteiger partial charge on any atom is 0.241 e. The smallest absolute Gasteiger partial charge is 0.241 e. The van der Waals surface area contributed by atoms with Gasteiger partial charge in [-0.2, -0.15) is 0 Å². The van der Waals surface area contributed by atoms with Crippen LogP contribution in [-0.4, -0.2) is 33.5 Å². The zero-order chi connectivity index (χ0) is 17.9. The normalized spacial score (nSPS) is 15.4. The monoisotopic (exact) mass is 389 g/mol. The van der Waals surface area contributed by atoms with Gasteiger partial charge in [-0.15, -0.1) is 12.4 Å². The van der Waals surface area contributed by atoms with Crippen LogP contribution in [0.1, 0.15) is 36.0 Å². The molecule has 1 atom stereocenters. The van der Waals surface area contributed by atoms with E-state index < -0.39 is 10.0 Å². The van der Waals surface area contributed by atoms with Crippen molar-refractivity contribution >= 4 is 28.3 Å². The number of aryl methyl sites for hydroxylation is 3. The van der Waals surface area contributed by atoms with Gasteiger partial charge >= 0.3 is 0 Å². The minimum Gasteiger partial charge on any atom is -0.354 e. The number of amides is 1. The van der Waals surface area contributed by atoms with E-state index >= 15 is 0 Å². The fourth-order valence-corrected chi connectivity index (χ4v) is 4.45. The van der Waals surface area contributed by atoms with Crippen LogP contribution in [0.3, 0.4) is 0 Å². The molecule has 1 aromatic rings. The van der Waals surface area contributed by atoms with Crippen molar-refractivity contribution in [2.75, 3.05) is 13.1 Å². The Kier molecular flexibility index (Phi) is 7.87.